The predicted molar refractivity (Wildman–Crippen MR) is 122 cm³/mol. The Hall–Kier alpha value is -2.49. The predicted octanol–water partition coefficient (Wildman–Crippen LogP) is 2.35. The molecule has 2 aromatic rings. The summed E-state index contributed by atoms with van der Waals surface area (Å²) in [4.78, 5) is 30.7. The molecule has 6 heterocycles. The molecule has 1 aromatic heterocycles. The summed E-state index contributed by atoms with van der Waals surface area (Å²) in [7, 11) is 0. The summed E-state index contributed by atoms with van der Waals surface area (Å²) in [5.41, 5.74) is 1.85. The summed E-state index contributed by atoms with van der Waals surface area (Å²) in [6, 6.07) is 6.92. The molecule has 1 aromatic carbocycles. The topological polar surface area (TPSA) is 91.2 Å². The molecular formula is C24H31N5O4. The van der Waals surface area contributed by atoms with Crippen molar-refractivity contribution in [2.45, 2.75) is 50.7 Å². The maximum Gasteiger partial charge on any atom is 0.329 e. The van der Waals surface area contributed by atoms with Crippen LogP contribution in [0.5, 0.6) is 0 Å². The van der Waals surface area contributed by atoms with Gasteiger partial charge in [0.05, 0.1) is 5.39 Å². The lowest BCUT2D eigenvalue weighted by atomic mass is 9.88. The highest BCUT2D eigenvalue weighted by molar-refractivity contribution is 6.08. The van der Waals surface area contributed by atoms with Crippen LogP contribution in [0, 0.1) is 5.92 Å². The molecule has 0 spiro atoms. The van der Waals surface area contributed by atoms with E-state index >= 15 is 0 Å². The van der Waals surface area contributed by atoms with Crippen LogP contribution >= 0.6 is 0 Å². The number of piperidine rings is 2. The first kappa shape index (κ1) is 21.1. The van der Waals surface area contributed by atoms with Gasteiger partial charge in [0.1, 0.15) is 0 Å². The number of fused-ring (bicyclic) bond motifs is 4. The maximum absolute atomic E-state index is 12.3. The Morgan fingerprint density at radius 3 is 2.58 bits per heavy atom. The van der Waals surface area contributed by atoms with Gasteiger partial charge in [-0.2, -0.15) is 0 Å². The fourth-order valence-electron chi connectivity index (χ4n) is 5.95. The number of hydrogen-bond acceptors (Lipinski definition) is 7. The third-order valence-corrected chi connectivity index (χ3v) is 7.80. The molecule has 7 rings (SSSR count). The maximum atomic E-state index is 12.3. The smallest absolute Gasteiger partial charge is 0.329 e. The number of ether oxygens (including phenoxy) is 1. The lowest BCUT2D eigenvalue weighted by Gasteiger charge is -2.52. The van der Waals surface area contributed by atoms with E-state index in [1.54, 1.807) is 0 Å². The summed E-state index contributed by atoms with van der Waals surface area (Å²) >= 11 is 0. The summed E-state index contributed by atoms with van der Waals surface area (Å²) < 4.78 is 11.0. The first-order chi connectivity index (χ1) is 16.1. The first-order valence-electron chi connectivity index (χ1n) is 12.2. The van der Waals surface area contributed by atoms with Crippen molar-refractivity contribution < 1.29 is 18.8 Å². The summed E-state index contributed by atoms with van der Waals surface area (Å²) in [6.07, 6.45) is 5.21. The van der Waals surface area contributed by atoms with Crippen molar-refractivity contribution >= 4 is 28.7 Å². The van der Waals surface area contributed by atoms with Crippen molar-refractivity contribution in [1.82, 2.24) is 20.3 Å². The number of carbonyl (C=O) groups excluding carboxylic acids is 2. The van der Waals surface area contributed by atoms with Gasteiger partial charge < -0.3 is 9.26 Å². The minimum Gasteiger partial charge on any atom is -0.381 e. The van der Waals surface area contributed by atoms with Gasteiger partial charge in [-0.25, -0.2) is 4.79 Å². The van der Waals surface area contributed by atoms with Crippen LogP contribution in [-0.2, 0) is 16.1 Å². The molecule has 9 nitrogen and oxygen atoms in total. The second-order valence-electron chi connectivity index (χ2n) is 9.92. The standard InChI is InChI=1S/C24H31N5O4/c30-22-5-8-29(24(31)25-22)23-20-11-17(1-4-21(20)33-26-23)13-28-15-18-2-3-19(28)14-27(18)12-16-6-9-32-10-7-16/h1,4,11,16,18-19H,2-3,5-10,12-15H2,(H,25,30,31). The van der Waals surface area contributed by atoms with Crippen LogP contribution in [0.25, 0.3) is 11.0 Å². The van der Waals surface area contributed by atoms with Crippen molar-refractivity contribution in [1.29, 1.82) is 0 Å². The molecule has 5 saturated heterocycles. The van der Waals surface area contributed by atoms with Crippen molar-refractivity contribution in [2.75, 3.05) is 44.3 Å². The van der Waals surface area contributed by atoms with Gasteiger partial charge in [-0.1, -0.05) is 11.2 Å². The minimum atomic E-state index is -0.440. The molecular weight excluding hydrogens is 422 g/mol. The number of anilines is 1. The highest BCUT2D eigenvalue weighted by atomic mass is 16.5. The molecule has 5 fully saturated rings. The number of piperazine rings is 1. The van der Waals surface area contributed by atoms with E-state index < -0.39 is 6.03 Å². The Morgan fingerprint density at radius 2 is 1.82 bits per heavy atom. The largest absolute Gasteiger partial charge is 0.381 e. The van der Waals surface area contributed by atoms with Gasteiger partial charge in [0, 0.05) is 64.4 Å². The Labute approximate surface area is 193 Å². The van der Waals surface area contributed by atoms with Gasteiger partial charge in [0.25, 0.3) is 0 Å². The number of rotatable bonds is 5. The van der Waals surface area contributed by atoms with E-state index in [4.69, 9.17) is 9.26 Å². The fraction of sp³-hybridized carbons (Fsp3) is 0.625. The van der Waals surface area contributed by atoms with Crippen LogP contribution in [0.3, 0.4) is 0 Å². The second kappa shape index (κ2) is 8.70. The monoisotopic (exact) mass is 453 g/mol. The zero-order valence-corrected chi connectivity index (χ0v) is 18.9. The van der Waals surface area contributed by atoms with E-state index in [-0.39, 0.29) is 12.3 Å². The van der Waals surface area contributed by atoms with Crippen LogP contribution in [0.15, 0.2) is 22.7 Å². The number of amides is 3. The molecule has 0 radical (unpaired) electrons. The summed E-state index contributed by atoms with van der Waals surface area (Å²) in [6.45, 7) is 6.52. The average molecular weight is 454 g/mol. The van der Waals surface area contributed by atoms with Crippen molar-refractivity contribution in [3.8, 4) is 0 Å². The van der Waals surface area contributed by atoms with Crippen LogP contribution in [0.2, 0.25) is 0 Å². The zero-order valence-electron chi connectivity index (χ0n) is 18.9. The van der Waals surface area contributed by atoms with E-state index in [9.17, 15) is 9.59 Å². The zero-order chi connectivity index (χ0) is 22.4. The third-order valence-electron chi connectivity index (χ3n) is 7.80. The molecule has 33 heavy (non-hydrogen) atoms. The van der Waals surface area contributed by atoms with Gasteiger partial charge in [0.15, 0.2) is 11.4 Å². The van der Waals surface area contributed by atoms with Gasteiger partial charge >= 0.3 is 6.03 Å². The fourth-order valence-corrected chi connectivity index (χ4v) is 5.95. The molecule has 3 amide bonds. The lowest BCUT2D eigenvalue weighted by molar-refractivity contribution is -0.120. The van der Waals surface area contributed by atoms with Gasteiger partial charge in [-0.05, 0) is 49.3 Å². The first-order valence-corrected chi connectivity index (χ1v) is 12.2. The van der Waals surface area contributed by atoms with E-state index in [2.05, 4.69) is 32.4 Å². The number of imide groups is 1. The molecule has 1 N–H and O–H groups in total. The molecule has 176 valence electrons. The van der Waals surface area contributed by atoms with Crippen LogP contribution in [0.1, 0.15) is 37.7 Å². The molecule has 2 bridgehead atoms. The number of nitrogens with one attached hydrogen (secondary N) is 1. The van der Waals surface area contributed by atoms with Gasteiger partial charge in [-0.3, -0.25) is 24.8 Å². The van der Waals surface area contributed by atoms with Crippen molar-refractivity contribution in [3.63, 3.8) is 0 Å². The summed E-state index contributed by atoms with van der Waals surface area (Å²) in [5.74, 6) is 1.01. The van der Waals surface area contributed by atoms with Crippen molar-refractivity contribution in [3.05, 3.63) is 23.8 Å². The minimum absolute atomic E-state index is 0.254. The van der Waals surface area contributed by atoms with Crippen LogP contribution in [-0.4, -0.2) is 78.4 Å². The van der Waals surface area contributed by atoms with Crippen LogP contribution in [0.4, 0.5) is 10.6 Å². The van der Waals surface area contributed by atoms with Gasteiger partial charge in [-0.15, -0.1) is 0 Å². The lowest BCUT2D eigenvalue weighted by Crippen LogP contribution is -2.62. The van der Waals surface area contributed by atoms with Crippen LogP contribution < -0.4 is 10.2 Å². The second-order valence-corrected chi connectivity index (χ2v) is 9.92. The molecule has 0 aliphatic carbocycles. The number of carbonyl (C=O) groups is 2. The third kappa shape index (κ3) is 4.13. The number of nitrogens with zero attached hydrogens (tertiary/aromatic N) is 4. The molecule has 2 unspecified atom stereocenters. The van der Waals surface area contributed by atoms with E-state index in [0.717, 1.165) is 44.2 Å². The normalized spacial score (nSPS) is 27.5. The average Bonchev–Trinajstić information content (AvgIpc) is 3.24. The van der Waals surface area contributed by atoms with E-state index in [1.165, 1.54) is 42.7 Å². The number of urea groups is 1. The number of hydrogen-bond donors (Lipinski definition) is 1. The van der Waals surface area contributed by atoms with E-state index in [0.29, 0.717) is 30.0 Å². The highest BCUT2D eigenvalue weighted by Gasteiger charge is 2.39. The summed E-state index contributed by atoms with van der Waals surface area (Å²) in [5, 5.41) is 7.32. The molecule has 0 saturated carbocycles. The molecule has 2 atom stereocenters. The molecule has 9 heteroatoms. The van der Waals surface area contributed by atoms with Crippen molar-refractivity contribution in [2.24, 2.45) is 5.92 Å². The Morgan fingerprint density at radius 1 is 1.03 bits per heavy atom. The number of benzene rings is 1. The molecule has 5 aliphatic rings. The van der Waals surface area contributed by atoms with Gasteiger partial charge in [0.2, 0.25) is 5.91 Å². The Bertz CT molecular complexity index is 1050. The quantitative estimate of drug-likeness (QED) is 0.743. The SMILES string of the molecule is O=C1CCN(c2noc3ccc(CN4CC5CCC4CN5CC4CCOCC4)cc23)C(=O)N1. The Kier molecular flexibility index (Phi) is 5.55. The Balaban J connectivity index is 1.15. The van der Waals surface area contributed by atoms with E-state index in [1.807, 2.05) is 6.07 Å². The highest BCUT2D eigenvalue weighted by Crippen LogP contribution is 2.33. The molecule has 5 aliphatic heterocycles. The number of aromatic nitrogens is 1.